The first kappa shape index (κ1) is 17.1. The van der Waals surface area contributed by atoms with E-state index in [-0.39, 0.29) is 13.2 Å². The number of nitrogens with two attached hydrogens (primary N) is 1. The maximum atomic E-state index is 11.9. The summed E-state index contributed by atoms with van der Waals surface area (Å²) in [6.45, 7) is 5.01. The Morgan fingerprint density at radius 3 is 2.48 bits per heavy atom. The molecule has 3 N–H and O–H groups in total. The Hall–Kier alpha value is -2.28. The number of rotatable bonds is 5. The number of ether oxygens (including phenoxy) is 2. The van der Waals surface area contributed by atoms with Crippen LogP contribution < -0.4 is 5.73 Å². The number of benzene rings is 1. The predicted octanol–water partition coefficient (Wildman–Crippen LogP) is 1.76. The number of nitrogens with zero attached hydrogens (tertiary/aromatic N) is 1. The third-order valence-electron chi connectivity index (χ3n) is 4.43. The van der Waals surface area contributed by atoms with E-state index in [4.69, 9.17) is 15.2 Å². The lowest BCUT2D eigenvalue weighted by molar-refractivity contribution is -0.139. The van der Waals surface area contributed by atoms with Gasteiger partial charge in [0.25, 0.3) is 0 Å². The van der Waals surface area contributed by atoms with Gasteiger partial charge in [0.1, 0.15) is 6.61 Å². The highest BCUT2D eigenvalue weighted by molar-refractivity contribution is 5.89. The van der Waals surface area contributed by atoms with E-state index in [1.165, 1.54) is 11.8 Å². The minimum absolute atomic E-state index is 0.0438. The molecule has 0 bridgehead atoms. The molecule has 0 saturated carbocycles. The molecule has 0 aliphatic carbocycles. The summed E-state index contributed by atoms with van der Waals surface area (Å²) in [6, 6.07) is 6.33. The molecular formula is C16H22N2O5. The third kappa shape index (κ3) is 3.10. The van der Waals surface area contributed by atoms with Gasteiger partial charge in [-0.1, -0.05) is 6.92 Å². The molecule has 0 spiro atoms. The zero-order chi connectivity index (χ0) is 17.3. The van der Waals surface area contributed by atoms with Crippen molar-refractivity contribution in [3.05, 3.63) is 29.8 Å². The quantitative estimate of drug-likeness (QED) is 0.632. The van der Waals surface area contributed by atoms with Gasteiger partial charge in [-0.05, 0) is 44.5 Å². The second-order valence-corrected chi connectivity index (χ2v) is 5.88. The lowest BCUT2D eigenvalue weighted by Gasteiger charge is -2.36. The normalized spacial score (nSPS) is 27.0. The van der Waals surface area contributed by atoms with Gasteiger partial charge in [0, 0.05) is 5.69 Å². The number of hydrogen-bond acceptors (Lipinski definition) is 6. The molecule has 7 nitrogen and oxygen atoms in total. The number of anilines is 1. The van der Waals surface area contributed by atoms with Crippen LogP contribution in [-0.4, -0.2) is 46.5 Å². The molecule has 0 radical (unpaired) electrons. The Bertz CT molecular complexity index is 599. The van der Waals surface area contributed by atoms with Crippen LogP contribution in [0, 0.1) is 0 Å². The number of hydrogen-bond donors (Lipinski definition) is 2. The number of nitrogen functional groups attached to an aromatic ring is 1. The van der Waals surface area contributed by atoms with E-state index in [0.717, 1.165) is 0 Å². The van der Waals surface area contributed by atoms with E-state index in [1.54, 1.807) is 31.2 Å². The molecule has 1 heterocycles. The van der Waals surface area contributed by atoms with Crippen LogP contribution in [0.2, 0.25) is 0 Å². The molecule has 2 unspecified atom stereocenters. The summed E-state index contributed by atoms with van der Waals surface area (Å²) in [5, 5.41) is 10.6. The number of amides is 1. The van der Waals surface area contributed by atoms with Crippen molar-refractivity contribution < 1.29 is 24.2 Å². The van der Waals surface area contributed by atoms with Crippen LogP contribution in [-0.2, 0) is 9.47 Å². The number of esters is 1. The second kappa shape index (κ2) is 6.08. The fourth-order valence-electron chi connectivity index (χ4n) is 2.46. The summed E-state index contributed by atoms with van der Waals surface area (Å²) in [6.07, 6.45) is -0.157. The van der Waals surface area contributed by atoms with Gasteiger partial charge in [-0.15, -0.1) is 0 Å². The Labute approximate surface area is 135 Å². The van der Waals surface area contributed by atoms with Crippen LogP contribution in [0.15, 0.2) is 24.3 Å². The van der Waals surface area contributed by atoms with Crippen LogP contribution in [0.4, 0.5) is 10.5 Å². The molecule has 1 saturated heterocycles. The number of aliphatic hydroxyl groups is 1. The zero-order valence-electron chi connectivity index (χ0n) is 13.5. The molecule has 126 valence electrons. The average Bonchev–Trinajstić information content (AvgIpc) is 2.67. The Balaban J connectivity index is 1.94. The lowest BCUT2D eigenvalue weighted by Crippen LogP contribution is -2.55. The minimum Gasteiger partial charge on any atom is -0.460 e. The molecule has 1 fully saturated rings. The van der Waals surface area contributed by atoms with Crippen LogP contribution in [0.1, 0.15) is 37.6 Å². The van der Waals surface area contributed by atoms with Crippen molar-refractivity contribution in [2.45, 2.75) is 38.5 Å². The summed E-state index contributed by atoms with van der Waals surface area (Å²) < 4.78 is 10.4. The van der Waals surface area contributed by atoms with E-state index < -0.39 is 23.4 Å². The van der Waals surface area contributed by atoms with Crippen LogP contribution in [0.5, 0.6) is 0 Å². The zero-order valence-corrected chi connectivity index (χ0v) is 13.5. The number of cyclic esters (lactones) is 1. The first-order chi connectivity index (χ1) is 10.7. The second-order valence-electron chi connectivity index (χ2n) is 5.88. The van der Waals surface area contributed by atoms with Crippen molar-refractivity contribution in [2.24, 2.45) is 0 Å². The lowest BCUT2D eigenvalue weighted by atomic mass is 9.91. The first-order valence-corrected chi connectivity index (χ1v) is 7.47. The van der Waals surface area contributed by atoms with Gasteiger partial charge in [-0.25, -0.2) is 9.59 Å². The smallest absolute Gasteiger partial charge is 0.413 e. The molecular weight excluding hydrogens is 300 g/mol. The Morgan fingerprint density at radius 1 is 1.35 bits per heavy atom. The van der Waals surface area contributed by atoms with Gasteiger partial charge in [0.05, 0.1) is 12.1 Å². The largest absolute Gasteiger partial charge is 0.460 e. The summed E-state index contributed by atoms with van der Waals surface area (Å²) >= 11 is 0. The van der Waals surface area contributed by atoms with Gasteiger partial charge in [0.2, 0.25) is 0 Å². The Kier molecular flexibility index (Phi) is 4.51. The highest BCUT2D eigenvalue weighted by Gasteiger charge is 2.58. The molecule has 2 rings (SSSR count). The summed E-state index contributed by atoms with van der Waals surface area (Å²) in [7, 11) is 0. The van der Waals surface area contributed by atoms with Gasteiger partial charge in [-0.2, -0.15) is 0 Å². The molecule has 1 amide bonds. The van der Waals surface area contributed by atoms with Gasteiger partial charge in [0.15, 0.2) is 11.3 Å². The third-order valence-corrected chi connectivity index (χ3v) is 4.43. The monoisotopic (exact) mass is 322 g/mol. The SMILES string of the molecule is CCC1(C)OC(=O)N(CCOC(=O)c2ccc(N)cc2)C1(C)O. The van der Waals surface area contributed by atoms with Gasteiger partial charge >= 0.3 is 12.1 Å². The summed E-state index contributed by atoms with van der Waals surface area (Å²) in [4.78, 5) is 25.0. The molecule has 2 atom stereocenters. The van der Waals surface area contributed by atoms with Crippen molar-refractivity contribution in [3.63, 3.8) is 0 Å². The number of carbonyl (C=O) groups excluding carboxylic acids is 2. The van der Waals surface area contributed by atoms with Crippen LogP contribution in [0.3, 0.4) is 0 Å². The molecule has 1 aromatic rings. The van der Waals surface area contributed by atoms with Crippen LogP contribution in [0.25, 0.3) is 0 Å². The summed E-state index contributed by atoms with van der Waals surface area (Å²) in [5.74, 6) is -0.518. The molecule has 23 heavy (non-hydrogen) atoms. The van der Waals surface area contributed by atoms with E-state index >= 15 is 0 Å². The van der Waals surface area contributed by atoms with Crippen molar-refractivity contribution in [2.75, 3.05) is 18.9 Å². The topological polar surface area (TPSA) is 102 Å². The van der Waals surface area contributed by atoms with E-state index in [9.17, 15) is 14.7 Å². The molecule has 1 aliphatic rings. The number of carbonyl (C=O) groups is 2. The highest BCUT2D eigenvalue weighted by atomic mass is 16.6. The molecule has 1 aliphatic heterocycles. The average molecular weight is 322 g/mol. The maximum Gasteiger partial charge on any atom is 0.413 e. The fourth-order valence-corrected chi connectivity index (χ4v) is 2.46. The van der Waals surface area contributed by atoms with E-state index in [0.29, 0.717) is 17.7 Å². The predicted molar refractivity (Wildman–Crippen MR) is 83.6 cm³/mol. The van der Waals surface area contributed by atoms with Crippen LogP contribution >= 0.6 is 0 Å². The standard InChI is InChI=1S/C16H22N2O5/c1-4-15(2)16(3,21)18(14(20)23-15)9-10-22-13(19)11-5-7-12(17)8-6-11/h5-8,21H,4,9-10,17H2,1-3H3. The first-order valence-electron chi connectivity index (χ1n) is 7.47. The van der Waals surface area contributed by atoms with E-state index in [1.807, 2.05) is 6.92 Å². The minimum atomic E-state index is -1.47. The Morgan fingerprint density at radius 2 is 1.96 bits per heavy atom. The highest BCUT2D eigenvalue weighted by Crippen LogP contribution is 2.39. The molecule has 1 aromatic carbocycles. The van der Waals surface area contributed by atoms with Crippen molar-refractivity contribution in [1.82, 2.24) is 4.90 Å². The maximum absolute atomic E-state index is 11.9. The molecule has 7 heteroatoms. The van der Waals surface area contributed by atoms with Gasteiger partial charge in [-0.3, -0.25) is 4.90 Å². The molecule has 0 aromatic heterocycles. The van der Waals surface area contributed by atoms with Crippen molar-refractivity contribution in [1.29, 1.82) is 0 Å². The van der Waals surface area contributed by atoms with Crippen molar-refractivity contribution in [3.8, 4) is 0 Å². The fraction of sp³-hybridized carbons (Fsp3) is 0.500. The van der Waals surface area contributed by atoms with E-state index in [2.05, 4.69) is 0 Å². The van der Waals surface area contributed by atoms with Crippen molar-refractivity contribution >= 4 is 17.7 Å². The van der Waals surface area contributed by atoms with Gasteiger partial charge < -0.3 is 20.3 Å². The summed E-state index contributed by atoms with van der Waals surface area (Å²) in [5.41, 5.74) is 4.02.